The highest BCUT2D eigenvalue weighted by Gasteiger charge is 2.19. The van der Waals surface area contributed by atoms with Gasteiger partial charge in [-0.1, -0.05) is 78.9 Å². The summed E-state index contributed by atoms with van der Waals surface area (Å²) in [5, 5.41) is 7.02. The fraction of sp³-hybridized carbons (Fsp3) is 0.100. The van der Waals surface area contributed by atoms with Crippen LogP contribution in [-0.2, 0) is 11.4 Å². The van der Waals surface area contributed by atoms with Crippen molar-refractivity contribution < 1.29 is 14.3 Å². The lowest BCUT2D eigenvalue weighted by Crippen LogP contribution is -2.32. The highest BCUT2D eigenvalue weighted by atomic mass is 16.5. The summed E-state index contributed by atoms with van der Waals surface area (Å²) < 4.78 is 5.79. The van der Waals surface area contributed by atoms with Crippen LogP contribution >= 0.6 is 0 Å². The van der Waals surface area contributed by atoms with Crippen molar-refractivity contribution in [1.82, 2.24) is 10.7 Å². The van der Waals surface area contributed by atoms with Crippen molar-refractivity contribution in [2.24, 2.45) is 5.10 Å². The summed E-state index contributed by atoms with van der Waals surface area (Å²) in [4.78, 5) is 25.3. The van der Waals surface area contributed by atoms with Gasteiger partial charge in [-0.2, -0.15) is 5.10 Å². The molecule has 0 unspecified atom stereocenters. The van der Waals surface area contributed by atoms with Crippen LogP contribution in [-0.4, -0.2) is 18.0 Å². The quantitative estimate of drug-likeness (QED) is 0.241. The Balaban J connectivity index is 1.31. The fourth-order valence-corrected chi connectivity index (χ4v) is 3.57. The van der Waals surface area contributed by atoms with Gasteiger partial charge in [0, 0.05) is 5.56 Å². The molecule has 0 radical (unpaired) electrons. The summed E-state index contributed by atoms with van der Waals surface area (Å²) >= 11 is 0. The molecular weight excluding hydrogens is 450 g/mol. The number of amides is 2. The van der Waals surface area contributed by atoms with Gasteiger partial charge in [-0.15, -0.1) is 0 Å². The molecule has 0 heterocycles. The number of hydrazone groups is 1. The lowest BCUT2D eigenvalue weighted by molar-refractivity contribution is -0.121. The van der Waals surface area contributed by atoms with Gasteiger partial charge in [-0.05, 0) is 53.1 Å². The molecule has 4 aromatic carbocycles. The number of benzene rings is 4. The number of hydrogen-bond acceptors (Lipinski definition) is 4. The molecule has 4 rings (SSSR count). The van der Waals surface area contributed by atoms with Crippen LogP contribution in [0, 0.1) is 0 Å². The molecule has 180 valence electrons. The molecule has 2 N–H and O–H groups in total. The van der Waals surface area contributed by atoms with Crippen molar-refractivity contribution in [3.63, 3.8) is 0 Å². The molecule has 0 saturated carbocycles. The Hall–Kier alpha value is -4.71. The third-order valence-electron chi connectivity index (χ3n) is 5.46. The first-order chi connectivity index (χ1) is 17.7. The molecule has 6 heteroatoms. The van der Waals surface area contributed by atoms with Crippen molar-refractivity contribution in [3.05, 3.63) is 138 Å². The van der Waals surface area contributed by atoms with Crippen molar-refractivity contribution in [2.45, 2.75) is 19.1 Å². The number of nitrogens with zero attached hydrogens (tertiary/aromatic N) is 1. The maximum absolute atomic E-state index is 12.7. The van der Waals surface area contributed by atoms with E-state index >= 15 is 0 Å². The van der Waals surface area contributed by atoms with E-state index in [1.807, 2.05) is 91.0 Å². The van der Waals surface area contributed by atoms with E-state index < -0.39 is 6.04 Å². The minimum atomic E-state index is -0.491. The van der Waals surface area contributed by atoms with E-state index in [1.54, 1.807) is 30.5 Å². The highest BCUT2D eigenvalue weighted by Crippen LogP contribution is 2.18. The van der Waals surface area contributed by atoms with Crippen LogP contribution in [0.2, 0.25) is 0 Å². The summed E-state index contributed by atoms with van der Waals surface area (Å²) in [6, 6.07) is 35.2. The molecule has 4 aromatic rings. The predicted molar refractivity (Wildman–Crippen MR) is 141 cm³/mol. The molecule has 0 bridgehead atoms. The van der Waals surface area contributed by atoms with E-state index in [-0.39, 0.29) is 18.2 Å². The van der Waals surface area contributed by atoms with Crippen LogP contribution in [0.4, 0.5) is 0 Å². The van der Waals surface area contributed by atoms with Crippen LogP contribution in [0.15, 0.2) is 120 Å². The van der Waals surface area contributed by atoms with Gasteiger partial charge in [0.25, 0.3) is 5.91 Å². The monoisotopic (exact) mass is 477 g/mol. The first kappa shape index (κ1) is 24.4. The molecule has 0 aliphatic rings. The minimum absolute atomic E-state index is 0.0478. The van der Waals surface area contributed by atoms with Crippen LogP contribution < -0.4 is 15.5 Å². The number of rotatable bonds is 10. The van der Waals surface area contributed by atoms with E-state index in [0.717, 1.165) is 22.4 Å². The standard InChI is InChI=1S/C30H27N3O3/c34-29(20-28(25-12-6-2-7-13-25)32-30(35)26-14-8-3-9-15-26)33-31-21-23-16-18-27(19-17-23)36-22-24-10-4-1-5-11-24/h1-19,21,28H,20,22H2,(H,32,35)(H,33,34)/b31-21-/t28-/m0/s1. The molecule has 2 amide bonds. The zero-order valence-electron chi connectivity index (χ0n) is 19.7. The van der Waals surface area contributed by atoms with Crippen molar-refractivity contribution in [1.29, 1.82) is 0 Å². The SMILES string of the molecule is O=C(C[C@H](NC(=O)c1ccccc1)c1ccccc1)N/N=C\c1ccc(OCc2ccccc2)cc1. The van der Waals surface area contributed by atoms with Crippen LogP contribution in [0.5, 0.6) is 5.75 Å². The second-order valence-electron chi connectivity index (χ2n) is 8.14. The fourth-order valence-electron chi connectivity index (χ4n) is 3.57. The Bertz CT molecular complexity index is 1280. The average Bonchev–Trinajstić information content (AvgIpc) is 2.94. The number of hydrogen-bond donors (Lipinski definition) is 2. The van der Waals surface area contributed by atoms with E-state index in [4.69, 9.17) is 4.74 Å². The second kappa shape index (κ2) is 12.7. The Morgan fingerprint density at radius 1 is 0.778 bits per heavy atom. The molecule has 0 aliphatic heterocycles. The van der Waals surface area contributed by atoms with Gasteiger partial charge in [0.2, 0.25) is 5.91 Å². The zero-order valence-corrected chi connectivity index (χ0v) is 19.7. The molecule has 0 fully saturated rings. The van der Waals surface area contributed by atoms with Gasteiger partial charge in [0.1, 0.15) is 12.4 Å². The van der Waals surface area contributed by atoms with E-state index in [2.05, 4.69) is 15.8 Å². The predicted octanol–water partition coefficient (Wildman–Crippen LogP) is 5.28. The summed E-state index contributed by atoms with van der Waals surface area (Å²) in [5.41, 5.74) is 5.84. The molecule has 0 spiro atoms. The first-order valence-corrected chi connectivity index (χ1v) is 11.7. The van der Waals surface area contributed by atoms with Crippen molar-refractivity contribution >= 4 is 18.0 Å². The number of nitrogens with one attached hydrogen (secondary N) is 2. The Kier molecular flexibility index (Phi) is 8.59. The Morgan fingerprint density at radius 3 is 2.06 bits per heavy atom. The van der Waals surface area contributed by atoms with E-state index in [9.17, 15) is 9.59 Å². The number of carbonyl (C=O) groups is 2. The summed E-state index contributed by atoms with van der Waals surface area (Å²) in [6.07, 6.45) is 1.62. The zero-order chi connectivity index (χ0) is 25.0. The summed E-state index contributed by atoms with van der Waals surface area (Å²) in [5.74, 6) is 0.200. The summed E-state index contributed by atoms with van der Waals surface area (Å²) in [7, 11) is 0. The van der Waals surface area contributed by atoms with Crippen LogP contribution in [0.3, 0.4) is 0 Å². The van der Waals surface area contributed by atoms with Crippen LogP contribution in [0.1, 0.15) is 39.5 Å². The van der Waals surface area contributed by atoms with Gasteiger partial charge in [-0.25, -0.2) is 5.43 Å². The number of carbonyl (C=O) groups excluding carboxylic acids is 2. The topological polar surface area (TPSA) is 79.8 Å². The third-order valence-corrected chi connectivity index (χ3v) is 5.46. The Labute approximate surface area is 210 Å². The van der Waals surface area contributed by atoms with Gasteiger partial charge in [-0.3, -0.25) is 9.59 Å². The van der Waals surface area contributed by atoms with Crippen molar-refractivity contribution in [2.75, 3.05) is 0 Å². The van der Waals surface area contributed by atoms with E-state index in [1.165, 1.54) is 0 Å². The smallest absolute Gasteiger partial charge is 0.251 e. The molecule has 1 atom stereocenters. The largest absolute Gasteiger partial charge is 0.489 e. The van der Waals surface area contributed by atoms with Crippen LogP contribution in [0.25, 0.3) is 0 Å². The normalized spacial score (nSPS) is 11.6. The summed E-state index contributed by atoms with van der Waals surface area (Å²) in [6.45, 7) is 0.494. The van der Waals surface area contributed by atoms with Gasteiger partial charge >= 0.3 is 0 Å². The maximum atomic E-state index is 12.7. The van der Waals surface area contributed by atoms with Gasteiger partial charge in [0.05, 0.1) is 18.7 Å². The second-order valence-corrected chi connectivity index (χ2v) is 8.14. The van der Waals surface area contributed by atoms with Gasteiger partial charge in [0.15, 0.2) is 0 Å². The molecule has 6 nitrogen and oxygen atoms in total. The molecular formula is C30H27N3O3. The first-order valence-electron chi connectivity index (χ1n) is 11.7. The Morgan fingerprint density at radius 2 is 1.39 bits per heavy atom. The maximum Gasteiger partial charge on any atom is 0.251 e. The lowest BCUT2D eigenvalue weighted by Gasteiger charge is -2.18. The van der Waals surface area contributed by atoms with Crippen molar-refractivity contribution in [3.8, 4) is 5.75 Å². The lowest BCUT2D eigenvalue weighted by atomic mass is 10.0. The number of ether oxygens (including phenoxy) is 1. The van der Waals surface area contributed by atoms with E-state index in [0.29, 0.717) is 12.2 Å². The molecule has 36 heavy (non-hydrogen) atoms. The molecule has 0 aliphatic carbocycles. The third kappa shape index (κ3) is 7.40. The van der Waals surface area contributed by atoms with Gasteiger partial charge < -0.3 is 10.1 Å². The molecule has 0 saturated heterocycles. The highest BCUT2D eigenvalue weighted by molar-refractivity contribution is 5.94. The molecule has 0 aromatic heterocycles. The average molecular weight is 478 g/mol. The minimum Gasteiger partial charge on any atom is -0.489 e.